The van der Waals surface area contributed by atoms with Gasteiger partial charge in [-0.15, -0.1) is 0 Å². The second kappa shape index (κ2) is 6.55. The molecule has 90 valence electrons. The number of thioether (sulfide) groups is 1. The summed E-state index contributed by atoms with van der Waals surface area (Å²) in [4.78, 5) is 8.35. The van der Waals surface area contributed by atoms with Crippen LogP contribution in [0, 0.1) is 0 Å². The average molecular weight is 244 g/mol. The molecule has 1 unspecified atom stereocenters. The molecule has 0 amide bonds. The lowest BCUT2D eigenvalue weighted by Crippen LogP contribution is -2.08. The summed E-state index contributed by atoms with van der Waals surface area (Å²) < 4.78 is 10.1. The van der Waals surface area contributed by atoms with Crippen LogP contribution in [0.1, 0.15) is 13.3 Å². The minimum Gasteiger partial charge on any atom is -0.481 e. The second-order valence-electron chi connectivity index (χ2n) is 3.07. The molecule has 1 heterocycles. The van der Waals surface area contributed by atoms with Crippen molar-refractivity contribution >= 4 is 11.8 Å². The van der Waals surface area contributed by atoms with Crippen molar-refractivity contribution in [3.63, 3.8) is 0 Å². The second-order valence-corrected chi connectivity index (χ2v) is 4.33. The first-order chi connectivity index (χ1) is 7.73. The molecular formula is C10H16N2O3S. The largest absolute Gasteiger partial charge is 0.481 e. The van der Waals surface area contributed by atoms with Gasteiger partial charge in [0.15, 0.2) is 5.16 Å². The molecule has 0 bridgehead atoms. The van der Waals surface area contributed by atoms with E-state index in [0.717, 1.165) is 6.42 Å². The summed E-state index contributed by atoms with van der Waals surface area (Å²) in [7, 11) is 3.08. The molecule has 0 aliphatic carbocycles. The normalized spacial score (nSPS) is 12.2. The van der Waals surface area contributed by atoms with Crippen molar-refractivity contribution in [1.29, 1.82) is 0 Å². The highest BCUT2D eigenvalue weighted by Gasteiger charge is 2.11. The molecule has 0 saturated carbocycles. The van der Waals surface area contributed by atoms with Gasteiger partial charge in [-0.1, -0.05) is 18.7 Å². The van der Waals surface area contributed by atoms with Crippen LogP contribution in [0.5, 0.6) is 11.8 Å². The van der Waals surface area contributed by atoms with E-state index in [0.29, 0.717) is 16.9 Å². The molecule has 5 nitrogen and oxygen atoms in total. The van der Waals surface area contributed by atoms with Gasteiger partial charge in [0.05, 0.1) is 26.9 Å². The number of methoxy groups -OCH3 is 2. The van der Waals surface area contributed by atoms with Crippen LogP contribution < -0.4 is 9.47 Å². The monoisotopic (exact) mass is 244 g/mol. The molecule has 6 heteroatoms. The SMILES string of the molecule is CCC(CO)Sc1nc(OC)cc(OC)n1. The van der Waals surface area contributed by atoms with Gasteiger partial charge in [0.2, 0.25) is 11.8 Å². The Morgan fingerprint density at radius 3 is 2.25 bits per heavy atom. The highest BCUT2D eigenvalue weighted by Crippen LogP contribution is 2.26. The molecule has 0 saturated heterocycles. The van der Waals surface area contributed by atoms with Crippen molar-refractivity contribution in [2.24, 2.45) is 0 Å². The van der Waals surface area contributed by atoms with Gasteiger partial charge in [-0.05, 0) is 6.42 Å². The number of hydrogen-bond acceptors (Lipinski definition) is 6. The summed E-state index contributed by atoms with van der Waals surface area (Å²) in [5.74, 6) is 0.921. The number of hydrogen-bond donors (Lipinski definition) is 1. The Bertz CT molecular complexity index is 310. The molecule has 0 aliphatic heterocycles. The lowest BCUT2D eigenvalue weighted by atomic mass is 10.3. The van der Waals surface area contributed by atoms with E-state index >= 15 is 0 Å². The van der Waals surface area contributed by atoms with Gasteiger partial charge in [-0.2, -0.15) is 9.97 Å². The zero-order valence-corrected chi connectivity index (χ0v) is 10.5. The number of ether oxygens (including phenoxy) is 2. The van der Waals surface area contributed by atoms with Gasteiger partial charge in [-0.3, -0.25) is 0 Å². The molecule has 16 heavy (non-hydrogen) atoms. The summed E-state index contributed by atoms with van der Waals surface area (Å²) in [5, 5.41) is 9.75. The number of rotatable bonds is 6. The Morgan fingerprint density at radius 1 is 1.31 bits per heavy atom. The van der Waals surface area contributed by atoms with E-state index in [-0.39, 0.29) is 11.9 Å². The van der Waals surface area contributed by atoms with Crippen molar-refractivity contribution < 1.29 is 14.6 Å². The van der Waals surface area contributed by atoms with Crippen molar-refractivity contribution in [2.75, 3.05) is 20.8 Å². The molecule has 1 rings (SSSR count). The minimum atomic E-state index is 0.0943. The minimum absolute atomic E-state index is 0.0943. The molecule has 0 aromatic carbocycles. The Balaban J connectivity index is 2.85. The molecule has 1 aromatic rings. The number of aromatic nitrogens is 2. The van der Waals surface area contributed by atoms with Crippen LogP contribution in [0.3, 0.4) is 0 Å². The topological polar surface area (TPSA) is 64.5 Å². The Morgan fingerprint density at radius 2 is 1.88 bits per heavy atom. The molecule has 0 aliphatic rings. The van der Waals surface area contributed by atoms with Gasteiger partial charge in [-0.25, -0.2) is 0 Å². The molecular weight excluding hydrogens is 228 g/mol. The summed E-state index contributed by atoms with van der Waals surface area (Å²) in [6.45, 7) is 2.11. The Labute approximate surface area is 99.2 Å². The van der Waals surface area contributed by atoms with Crippen LogP contribution in [0.2, 0.25) is 0 Å². The fraction of sp³-hybridized carbons (Fsp3) is 0.600. The zero-order valence-electron chi connectivity index (χ0n) is 9.64. The van der Waals surface area contributed by atoms with E-state index < -0.39 is 0 Å². The van der Waals surface area contributed by atoms with Gasteiger partial charge in [0.25, 0.3) is 0 Å². The molecule has 1 aromatic heterocycles. The fourth-order valence-corrected chi connectivity index (χ4v) is 1.87. The Hall–Kier alpha value is -1.01. The molecule has 1 N–H and O–H groups in total. The predicted octanol–water partition coefficient (Wildman–Crippen LogP) is 1.36. The van der Waals surface area contributed by atoms with Crippen molar-refractivity contribution in [3.05, 3.63) is 6.07 Å². The van der Waals surface area contributed by atoms with Gasteiger partial charge >= 0.3 is 0 Å². The average Bonchev–Trinajstić information content (AvgIpc) is 2.35. The van der Waals surface area contributed by atoms with Crippen LogP contribution >= 0.6 is 11.8 Å². The van der Waals surface area contributed by atoms with Gasteiger partial charge in [0, 0.05) is 5.25 Å². The maximum absolute atomic E-state index is 9.10. The van der Waals surface area contributed by atoms with E-state index in [1.807, 2.05) is 6.92 Å². The van der Waals surface area contributed by atoms with Crippen molar-refractivity contribution in [3.8, 4) is 11.8 Å². The standard InChI is InChI=1S/C10H16N2O3S/c1-4-7(6-13)16-10-11-8(14-2)5-9(12-10)15-3/h5,7,13H,4,6H2,1-3H3. The first kappa shape index (κ1) is 13.1. The number of nitrogens with zero attached hydrogens (tertiary/aromatic N) is 2. The molecule has 0 spiro atoms. The summed E-state index contributed by atoms with van der Waals surface area (Å²) >= 11 is 1.42. The fourth-order valence-electron chi connectivity index (χ4n) is 1.04. The molecule has 0 radical (unpaired) electrons. The first-order valence-electron chi connectivity index (χ1n) is 4.98. The van der Waals surface area contributed by atoms with Crippen molar-refractivity contribution in [1.82, 2.24) is 9.97 Å². The summed E-state index contributed by atoms with van der Waals surface area (Å²) in [6, 6.07) is 1.62. The summed E-state index contributed by atoms with van der Waals surface area (Å²) in [6.07, 6.45) is 0.851. The molecule has 1 atom stereocenters. The predicted molar refractivity (Wildman–Crippen MR) is 62.2 cm³/mol. The van der Waals surface area contributed by atoms with E-state index in [1.54, 1.807) is 20.3 Å². The van der Waals surface area contributed by atoms with E-state index in [9.17, 15) is 0 Å². The quantitative estimate of drug-likeness (QED) is 0.602. The van der Waals surface area contributed by atoms with Crippen LogP contribution in [0.25, 0.3) is 0 Å². The Kier molecular flexibility index (Phi) is 5.34. The highest BCUT2D eigenvalue weighted by molar-refractivity contribution is 7.99. The summed E-state index contributed by atoms with van der Waals surface area (Å²) in [5.41, 5.74) is 0. The van der Waals surface area contributed by atoms with E-state index in [2.05, 4.69) is 9.97 Å². The van der Waals surface area contributed by atoms with Crippen LogP contribution in [0.4, 0.5) is 0 Å². The van der Waals surface area contributed by atoms with Gasteiger partial charge in [0.1, 0.15) is 0 Å². The first-order valence-corrected chi connectivity index (χ1v) is 5.86. The lowest BCUT2D eigenvalue weighted by molar-refractivity contribution is 0.292. The lowest BCUT2D eigenvalue weighted by Gasteiger charge is -2.11. The van der Waals surface area contributed by atoms with E-state index in [4.69, 9.17) is 14.6 Å². The smallest absolute Gasteiger partial charge is 0.220 e. The maximum atomic E-state index is 9.10. The number of aliphatic hydroxyl groups is 1. The third kappa shape index (κ3) is 3.53. The highest BCUT2D eigenvalue weighted by atomic mass is 32.2. The van der Waals surface area contributed by atoms with Crippen LogP contribution in [0.15, 0.2) is 11.2 Å². The van der Waals surface area contributed by atoms with E-state index in [1.165, 1.54) is 11.8 Å². The van der Waals surface area contributed by atoms with Crippen LogP contribution in [-0.2, 0) is 0 Å². The van der Waals surface area contributed by atoms with Crippen molar-refractivity contribution in [2.45, 2.75) is 23.8 Å². The maximum Gasteiger partial charge on any atom is 0.220 e. The zero-order chi connectivity index (χ0) is 12.0. The van der Waals surface area contributed by atoms with Crippen LogP contribution in [-0.4, -0.2) is 41.2 Å². The third-order valence-electron chi connectivity index (χ3n) is 2.01. The third-order valence-corrected chi connectivity index (χ3v) is 3.22. The number of aliphatic hydroxyl groups excluding tert-OH is 1. The molecule has 0 fully saturated rings. The van der Waals surface area contributed by atoms with Gasteiger partial charge < -0.3 is 14.6 Å².